The molecule has 0 aromatic heterocycles. The Morgan fingerprint density at radius 1 is 1.86 bits per heavy atom. The highest BCUT2D eigenvalue weighted by Crippen LogP contribution is 1.90. The van der Waals surface area contributed by atoms with Gasteiger partial charge in [0, 0.05) is 11.7 Å². The van der Waals surface area contributed by atoms with Crippen LogP contribution in [0.4, 0.5) is 0 Å². The molecule has 0 aliphatic heterocycles. The van der Waals surface area contributed by atoms with Gasteiger partial charge in [-0.3, -0.25) is 0 Å². The molecule has 0 spiro atoms. The molecule has 0 aromatic rings. The second-order valence-corrected chi connectivity index (χ2v) is 1.59. The summed E-state index contributed by atoms with van der Waals surface area (Å²) in [6.45, 7) is 5.45. The van der Waals surface area contributed by atoms with Crippen LogP contribution in [0.5, 0.6) is 0 Å². The maximum absolute atomic E-state index is 5.39. The third-order valence-electron chi connectivity index (χ3n) is 0.916. The van der Waals surface area contributed by atoms with E-state index in [2.05, 4.69) is 6.58 Å². The lowest BCUT2D eigenvalue weighted by Gasteiger charge is -2.04. The van der Waals surface area contributed by atoms with Crippen LogP contribution in [0.2, 0.25) is 0 Å². The molecule has 42 valence electrons. The second-order valence-electron chi connectivity index (χ2n) is 1.59. The quantitative estimate of drug-likeness (QED) is 0.520. The average Bonchev–Trinajstić information content (AvgIpc) is 1.65. The minimum atomic E-state index is -0.0139. The van der Waals surface area contributed by atoms with Crippen molar-refractivity contribution in [2.45, 2.75) is 19.4 Å². The summed E-state index contributed by atoms with van der Waals surface area (Å²) in [6.07, 6.45) is 0.870. The van der Waals surface area contributed by atoms with Crippen molar-refractivity contribution in [3.05, 3.63) is 12.3 Å². The molecule has 0 aromatic carbocycles. The minimum absolute atomic E-state index is 0.0139. The first kappa shape index (κ1) is 6.50. The molecule has 4 N–H and O–H groups in total. The lowest BCUT2D eigenvalue weighted by Crippen LogP contribution is -2.25. The molecule has 2 nitrogen and oxygen atoms in total. The fraction of sp³-hybridized carbons (Fsp3) is 0.600. The predicted molar refractivity (Wildman–Crippen MR) is 31.6 cm³/mol. The molecule has 1 atom stereocenters. The Bertz CT molecular complexity index is 68.5. The van der Waals surface area contributed by atoms with Gasteiger partial charge in [-0.15, -0.1) is 0 Å². The van der Waals surface area contributed by atoms with Crippen LogP contribution in [0.15, 0.2) is 12.3 Å². The zero-order valence-electron chi connectivity index (χ0n) is 4.65. The second kappa shape index (κ2) is 2.64. The van der Waals surface area contributed by atoms with Crippen LogP contribution in [-0.2, 0) is 0 Å². The highest BCUT2D eigenvalue weighted by atomic mass is 14.7. The normalized spacial score (nSPS) is 13.4. The molecule has 0 fully saturated rings. The first-order valence-corrected chi connectivity index (χ1v) is 2.38. The summed E-state index contributed by atoms with van der Waals surface area (Å²) in [5, 5.41) is 0. The number of hydrogen-bond acceptors (Lipinski definition) is 2. The highest BCUT2D eigenvalue weighted by Gasteiger charge is 1.95. The Hall–Kier alpha value is -0.500. The molecule has 0 radical (unpaired) electrons. The Labute approximate surface area is 44.2 Å². The third kappa shape index (κ3) is 2.23. The molecule has 0 heterocycles. The lowest BCUT2D eigenvalue weighted by molar-refractivity contribution is 0.734. The molecule has 2 heteroatoms. The van der Waals surface area contributed by atoms with Gasteiger partial charge < -0.3 is 11.5 Å². The molecular weight excluding hydrogens is 88.1 g/mol. The molecule has 0 unspecified atom stereocenters. The molecule has 0 rings (SSSR count). The summed E-state index contributed by atoms with van der Waals surface area (Å²) in [7, 11) is 0. The Morgan fingerprint density at radius 3 is 2.29 bits per heavy atom. The fourth-order valence-corrected chi connectivity index (χ4v) is 0.262. The predicted octanol–water partition coefficient (Wildman–Crippen LogP) is 0.196. The van der Waals surface area contributed by atoms with E-state index in [9.17, 15) is 0 Å². The highest BCUT2D eigenvalue weighted by molar-refractivity contribution is 4.96. The van der Waals surface area contributed by atoms with E-state index in [0.29, 0.717) is 5.70 Å². The number of rotatable bonds is 2. The molecular formula is C5H12N2. The van der Waals surface area contributed by atoms with Gasteiger partial charge in [-0.1, -0.05) is 13.5 Å². The molecule has 7 heavy (non-hydrogen) atoms. The van der Waals surface area contributed by atoms with Crippen molar-refractivity contribution in [1.82, 2.24) is 0 Å². The lowest BCUT2D eigenvalue weighted by atomic mass is 10.2. The van der Waals surface area contributed by atoms with Crippen molar-refractivity contribution < 1.29 is 0 Å². The van der Waals surface area contributed by atoms with Gasteiger partial charge >= 0.3 is 0 Å². The van der Waals surface area contributed by atoms with Gasteiger partial charge in [0.05, 0.1) is 0 Å². The van der Waals surface area contributed by atoms with Crippen LogP contribution in [0, 0.1) is 0 Å². The van der Waals surface area contributed by atoms with Gasteiger partial charge in [-0.25, -0.2) is 0 Å². The SMILES string of the molecule is C=C(N)[C@@H](N)CC. The van der Waals surface area contributed by atoms with Crippen LogP contribution in [0.3, 0.4) is 0 Å². The van der Waals surface area contributed by atoms with Crippen molar-refractivity contribution in [3.8, 4) is 0 Å². The van der Waals surface area contributed by atoms with Crippen LogP contribution >= 0.6 is 0 Å². The van der Waals surface area contributed by atoms with Gasteiger partial charge in [0.1, 0.15) is 0 Å². The summed E-state index contributed by atoms with van der Waals surface area (Å²) >= 11 is 0. The van der Waals surface area contributed by atoms with Crippen molar-refractivity contribution in [1.29, 1.82) is 0 Å². The Kier molecular flexibility index (Phi) is 2.45. The number of hydrogen-bond donors (Lipinski definition) is 2. The minimum Gasteiger partial charge on any atom is -0.401 e. The van der Waals surface area contributed by atoms with Crippen molar-refractivity contribution in [3.63, 3.8) is 0 Å². The van der Waals surface area contributed by atoms with E-state index < -0.39 is 0 Å². The number of nitrogens with two attached hydrogens (primary N) is 2. The zero-order chi connectivity index (χ0) is 5.86. The van der Waals surface area contributed by atoms with Crippen LogP contribution < -0.4 is 11.5 Å². The van der Waals surface area contributed by atoms with Crippen molar-refractivity contribution in [2.24, 2.45) is 11.5 Å². The van der Waals surface area contributed by atoms with Gasteiger partial charge in [0.25, 0.3) is 0 Å². The Morgan fingerprint density at radius 2 is 2.29 bits per heavy atom. The molecule has 0 bridgehead atoms. The largest absolute Gasteiger partial charge is 0.401 e. The summed E-state index contributed by atoms with van der Waals surface area (Å²) in [5.41, 5.74) is 11.2. The van der Waals surface area contributed by atoms with Gasteiger partial charge in [0.15, 0.2) is 0 Å². The smallest absolute Gasteiger partial charge is 0.0433 e. The summed E-state index contributed by atoms with van der Waals surface area (Å²) in [4.78, 5) is 0. The fourth-order valence-electron chi connectivity index (χ4n) is 0.262. The van der Waals surface area contributed by atoms with Crippen LogP contribution in [-0.4, -0.2) is 6.04 Å². The monoisotopic (exact) mass is 100 g/mol. The van der Waals surface area contributed by atoms with Crippen LogP contribution in [0.25, 0.3) is 0 Å². The summed E-state index contributed by atoms with van der Waals surface area (Å²) in [6, 6.07) is -0.0139. The van der Waals surface area contributed by atoms with Gasteiger partial charge in [-0.05, 0) is 6.42 Å². The Balaban J connectivity index is 3.34. The molecule has 0 saturated heterocycles. The first-order valence-electron chi connectivity index (χ1n) is 2.38. The topological polar surface area (TPSA) is 52.0 Å². The maximum Gasteiger partial charge on any atom is 0.0433 e. The van der Waals surface area contributed by atoms with Gasteiger partial charge in [-0.2, -0.15) is 0 Å². The standard InChI is InChI=1S/C5H12N2/c1-3-5(7)4(2)6/h5H,2-3,6-7H2,1H3/t5-/m0/s1. The molecule has 0 saturated carbocycles. The van der Waals surface area contributed by atoms with Crippen LogP contribution in [0.1, 0.15) is 13.3 Å². The van der Waals surface area contributed by atoms with Crippen molar-refractivity contribution in [2.75, 3.05) is 0 Å². The third-order valence-corrected chi connectivity index (χ3v) is 0.916. The molecule has 0 aliphatic carbocycles. The molecule has 0 amide bonds. The van der Waals surface area contributed by atoms with E-state index in [1.165, 1.54) is 0 Å². The van der Waals surface area contributed by atoms with Gasteiger partial charge in [0.2, 0.25) is 0 Å². The zero-order valence-corrected chi connectivity index (χ0v) is 4.65. The molecule has 0 aliphatic rings. The van der Waals surface area contributed by atoms with E-state index in [1.807, 2.05) is 6.92 Å². The maximum atomic E-state index is 5.39. The summed E-state index contributed by atoms with van der Waals surface area (Å²) in [5.74, 6) is 0. The van der Waals surface area contributed by atoms with E-state index >= 15 is 0 Å². The van der Waals surface area contributed by atoms with E-state index in [4.69, 9.17) is 11.5 Å². The van der Waals surface area contributed by atoms with E-state index in [-0.39, 0.29) is 6.04 Å². The summed E-state index contributed by atoms with van der Waals surface area (Å²) < 4.78 is 0. The van der Waals surface area contributed by atoms with E-state index in [1.54, 1.807) is 0 Å². The van der Waals surface area contributed by atoms with Crippen molar-refractivity contribution >= 4 is 0 Å². The van der Waals surface area contributed by atoms with E-state index in [0.717, 1.165) is 6.42 Å². The first-order chi connectivity index (χ1) is 3.18. The average molecular weight is 100 g/mol.